The van der Waals surface area contributed by atoms with Gasteiger partial charge in [0.05, 0.1) is 6.07 Å². The molecule has 0 amide bonds. The highest BCUT2D eigenvalue weighted by Gasteiger charge is 2.32. The number of ketones is 1. The standard InChI is InChI=1S/C11H11NOS/c12-7-9(10-5-2-6-14-10)11(13)8-3-1-4-8/h2,5-6,8-9H,1,3-4H2. The molecule has 2 rings (SSSR count). The van der Waals surface area contributed by atoms with E-state index >= 15 is 0 Å². The van der Waals surface area contributed by atoms with Crippen LogP contribution in [0.25, 0.3) is 0 Å². The number of rotatable bonds is 3. The van der Waals surface area contributed by atoms with Gasteiger partial charge < -0.3 is 0 Å². The third kappa shape index (κ3) is 1.58. The molecule has 1 aliphatic carbocycles. The highest BCUT2D eigenvalue weighted by molar-refractivity contribution is 7.10. The molecule has 0 aromatic carbocycles. The maximum absolute atomic E-state index is 11.8. The maximum Gasteiger partial charge on any atom is 0.158 e. The smallest absolute Gasteiger partial charge is 0.158 e. The van der Waals surface area contributed by atoms with Crippen LogP contribution in [0.2, 0.25) is 0 Å². The van der Waals surface area contributed by atoms with Gasteiger partial charge in [0.25, 0.3) is 0 Å². The molecule has 0 N–H and O–H groups in total. The molecule has 2 nitrogen and oxygen atoms in total. The van der Waals surface area contributed by atoms with E-state index in [0.29, 0.717) is 0 Å². The fourth-order valence-corrected chi connectivity index (χ4v) is 2.43. The van der Waals surface area contributed by atoms with Crippen LogP contribution in [0, 0.1) is 17.2 Å². The topological polar surface area (TPSA) is 40.9 Å². The molecular weight excluding hydrogens is 194 g/mol. The number of carbonyl (C=O) groups is 1. The lowest BCUT2D eigenvalue weighted by molar-refractivity contribution is -0.125. The van der Waals surface area contributed by atoms with Crippen molar-refractivity contribution in [1.82, 2.24) is 0 Å². The summed E-state index contributed by atoms with van der Waals surface area (Å²) in [6.45, 7) is 0. The highest BCUT2D eigenvalue weighted by atomic mass is 32.1. The lowest BCUT2D eigenvalue weighted by Crippen LogP contribution is -2.26. The van der Waals surface area contributed by atoms with Crippen molar-refractivity contribution in [1.29, 1.82) is 5.26 Å². The van der Waals surface area contributed by atoms with E-state index < -0.39 is 5.92 Å². The minimum Gasteiger partial charge on any atom is -0.297 e. The van der Waals surface area contributed by atoms with Gasteiger partial charge in [0.15, 0.2) is 5.78 Å². The summed E-state index contributed by atoms with van der Waals surface area (Å²) >= 11 is 1.49. The second-order valence-electron chi connectivity index (χ2n) is 3.61. The average Bonchev–Trinajstić information content (AvgIpc) is 2.55. The number of carbonyl (C=O) groups excluding carboxylic acids is 1. The van der Waals surface area contributed by atoms with E-state index in [4.69, 9.17) is 5.26 Å². The van der Waals surface area contributed by atoms with Crippen LogP contribution in [0.15, 0.2) is 17.5 Å². The van der Waals surface area contributed by atoms with E-state index in [1.807, 2.05) is 17.5 Å². The lowest BCUT2D eigenvalue weighted by atomic mass is 9.78. The predicted octanol–water partition coefficient (Wildman–Crippen LogP) is 2.72. The van der Waals surface area contributed by atoms with Crippen molar-refractivity contribution in [3.05, 3.63) is 22.4 Å². The maximum atomic E-state index is 11.8. The van der Waals surface area contributed by atoms with Crippen molar-refractivity contribution < 1.29 is 4.79 Å². The van der Waals surface area contributed by atoms with E-state index in [1.54, 1.807) is 0 Å². The largest absolute Gasteiger partial charge is 0.297 e. The van der Waals surface area contributed by atoms with E-state index in [-0.39, 0.29) is 11.7 Å². The zero-order valence-corrected chi connectivity index (χ0v) is 8.59. The predicted molar refractivity (Wildman–Crippen MR) is 55.0 cm³/mol. The van der Waals surface area contributed by atoms with Crippen molar-refractivity contribution >= 4 is 17.1 Å². The number of hydrogen-bond donors (Lipinski definition) is 0. The monoisotopic (exact) mass is 205 g/mol. The van der Waals surface area contributed by atoms with Gasteiger partial charge >= 0.3 is 0 Å². The summed E-state index contributed by atoms with van der Waals surface area (Å²) in [6.07, 6.45) is 3.09. The normalized spacial score (nSPS) is 18.2. The summed E-state index contributed by atoms with van der Waals surface area (Å²) in [5, 5.41) is 10.9. The molecule has 3 heteroatoms. The van der Waals surface area contributed by atoms with E-state index in [0.717, 1.165) is 24.1 Å². The minimum absolute atomic E-state index is 0.126. The van der Waals surface area contributed by atoms with Crippen molar-refractivity contribution in [3.8, 4) is 6.07 Å². The van der Waals surface area contributed by atoms with Gasteiger partial charge in [0, 0.05) is 10.8 Å². The van der Waals surface area contributed by atoms with Gasteiger partial charge in [0.1, 0.15) is 5.92 Å². The van der Waals surface area contributed by atoms with Crippen LogP contribution in [0.1, 0.15) is 30.1 Å². The molecule has 1 atom stereocenters. The summed E-state index contributed by atoms with van der Waals surface area (Å²) < 4.78 is 0. The van der Waals surface area contributed by atoms with Gasteiger partial charge in [-0.3, -0.25) is 4.79 Å². The van der Waals surface area contributed by atoms with Crippen LogP contribution in [-0.4, -0.2) is 5.78 Å². The van der Waals surface area contributed by atoms with Crippen LogP contribution in [0.3, 0.4) is 0 Å². The molecule has 1 heterocycles. The zero-order valence-electron chi connectivity index (χ0n) is 7.77. The van der Waals surface area contributed by atoms with Crippen LogP contribution in [0.5, 0.6) is 0 Å². The SMILES string of the molecule is N#CC(C(=O)C1CCC1)c1cccs1. The summed E-state index contributed by atoms with van der Waals surface area (Å²) in [4.78, 5) is 12.7. The Morgan fingerprint density at radius 3 is 2.86 bits per heavy atom. The zero-order chi connectivity index (χ0) is 9.97. The Balaban J connectivity index is 2.14. The van der Waals surface area contributed by atoms with Crippen LogP contribution >= 0.6 is 11.3 Å². The Morgan fingerprint density at radius 1 is 1.64 bits per heavy atom. The fraction of sp³-hybridized carbons (Fsp3) is 0.455. The Kier molecular flexibility index (Phi) is 2.64. The van der Waals surface area contributed by atoms with Crippen LogP contribution in [0.4, 0.5) is 0 Å². The van der Waals surface area contributed by atoms with Gasteiger partial charge in [0.2, 0.25) is 0 Å². The fourth-order valence-electron chi connectivity index (χ4n) is 1.65. The first kappa shape index (κ1) is 9.42. The van der Waals surface area contributed by atoms with Crippen molar-refractivity contribution in [3.63, 3.8) is 0 Å². The summed E-state index contributed by atoms with van der Waals surface area (Å²) in [5.74, 6) is -0.233. The van der Waals surface area contributed by atoms with E-state index in [9.17, 15) is 4.79 Å². The summed E-state index contributed by atoms with van der Waals surface area (Å²) in [5.41, 5.74) is 0. The molecule has 1 aromatic heterocycles. The summed E-state index contributed by atoms with van der Waals surface area (Å²) in [7, 11) is 0. The quantitative estimate of drug-likeness (QED) is 0.761. The van der Waals surface area contributed by atoms with E-state index in [1.165, 1.54) is 11.3 Å². The Morgan fingerprint density at radius 2 is 2.43 bits per heavy atom. The molecule has 1 unspecified atom stereocenters. The lowest BCUT2D eigenvalue weighted by Gasteiger charge is -2.25. The van der Waals surface area contributed by atoms with E-state index in [2.05, 4.69) is 6.07 Å². The molecule has 72 valence electrons. The summed E-state index contributed by atoms with van der Waals surface area (Å²) in [6, 6.07) is 5.87. The first-order valence-corrected chi connectivity index (χ1v) is 5.67. The molecule has 14 heavy (non-hydrogen) atoms. The number of Topliss-reactive ketones (excluding diaryl/α,β-unsaturated/α-hetero) is 1. The third-order valence-electron chi connectivity index (χ3n) is 2.75. The minimum atomic E-state index is -0.514. The first-order valence-electron chi connectivity index (χ1n) is 4.79. The highest BCUT2D eigenvalue weighted by Crippen LogP contribution is 2.33. The second-order valence-corrected chi connectivity index (χ2v) is 4.59. The van der Waals surface area contributed by atoms with Crippen LogP contribution < -0.4 is 0 Å². The molecule has 0 bridgehead atoms. The molecule has 1 saturated carbocycles. The molecule has 0 spiro atoms. The van der Waals surface area contributed by atoms with Gasteiger partial charge in [-0.25, -0.2) is 0 Å². The van der Waals surface area contributed by atoms with Gasteiger partial charge in [-0.05, 0) is 24.3 Å². The van der Waals surface area contributed by atoms with Crippen molar-refractivity contribution in [2.75, 3.05) is 0 Å². The van der Waals surface area contributed by atoms with Crippen molar-refractivity contribution in [2.45, 2.75) is 25.2 Å². The third-order valence-corrected chi connectivity index (χ3v) is 3.69. The molecule has 1 fully saturated rings. The molecular formula is C11H11NOS. The number of nitriles is 1. The Bertz CT molecular complexity index is 359. The van der Waals surface area contributed by atoms with Crippen molar-refractivity contribution in [2.24, 2.45) is 5.92 Å². The molecule has 0 aliphatic heterocycles. The first-order chi connectivity index (χ1) is 6.83. The van der Waals surface area contributed by atoms with Gasteiger partial charge in [-0.2, -0.15) is 5.26 Å². The Labute approximate surface area is 87.2 Å². The molecule has 0 saturated heterocycles. The Hall–Kier alpha value is -1.14. The number of hydrogen-bond acceptors (Lipinski definition) is 3. The molecule has 1 aromatic rings. The molecule has 0 radical (unpaired) electrons. The van der Waals surface area contributed by atoms with Gasteiger partial charge in [-0.1, -0.05) is 12.5 Å². The molecule has 1 aliphatic rings. The van der Waals surface area contributed by atoms with Crippen LogP contribution in [-0.2, 0) is 4.79 Å². The van der Waals surface area contributed by atoms with Gasteiger partial charge in [-0.15, -0.1) is 11.3 Å². The number of nitrogens with zero attached hydrogens (tertiary/aromatic N) is 1. The number of thiophene rings is 1. The average molecular weight is 205 g/mol. The second kappa shape index (κ2) is 3.93.